The monoisotopic (exact) mass is 284 g/mol. The van der Waals surface area contributed by atoms with Gasteiger partial charge in [-0.25, -0.2) is 9.50 Å². The number of nitrogens with zero attached hydrogens (tertiary/aromatic N) is 3. The minimum atomic E-state index is 0.143. The summed E-state index contributed by atoms with van der Waals surface area (Å²) in [5, 5.41) is 8.03. The summed E-state index contributed by atoms with van der Waals surface area (Å²) in [6.07, 6.45) is 3.63. The lowest BCUT2D eigenvalue weighted by molar-refractivity contribution is 0.401. The lowest BCUT2D eigenvalue weighted by atomic mass is 10.1. The highest BCUT2D eigenvalue weighted by Gasteiger charge is 2.17. The van der Waals surface area contributed by atoms with Gasteiger partial charge in [0.2, 0.25) is 0 Å². The van der Waals surface area contributed by atoms with Crippen LogP contribution in [0.4, 0.5) is 0 Å². The van der Waals surface area contributed by atoms with Gasteiger partial charge in [0.25, 0.3) is 0 Å². The molecule has 3 aromatic heterocycles. The minimum Gasteiger partial charge on any atom is -0.468 e. The predicted octanol–water partition coefficient (Wildman–Crippen LogP) is 3.35. The third-order valence-corrected chi connectivity index (χ3v) is 3.82. The molecule has 3 rings (SSSR count). The Bertz CT molecular complexity index is 745. The molecule has 0 aliphatic rings. The molecule has 0 bridgehead atoms. The maximum absolute atomic E-state index is 5.44. The molecule has 3 heterocycles. The van der Waals surface area contributed by atoms with Crippen molar-refractivity contribution in [1.29, 1.82) is 0 Å². The Morgan fingerprint density at radius 1 is 1.24 bits per heavy atom. The molecule has 110 valence electrons. The van der Waals surface area contributed by atoms with Gasteiger partial charge in [-0.05, 0) is 39.8 Å². The Hall–Kier alpha value is -2.14. The normalized spacial score (nSPS) is 14.5. The Labute approximate surface area is 124 Å². The first-order valence-corrected chi connectivity index (χ1v) is 7.17. The molecule has 5 nitrogen and oxygen atoms in total. The van der Waals surface area contributed by atoms with Crippen molar-refractivity contribution in [3.05, 3.63) is 53.4 Å². The first-order chi connectivity index (χ1) is 10.1. The number of aromatic nitrogens is 3. The van der Waals surface area contributed by atoms with Crippen molar-refractivity contribution in [3.63, 3.8) is 0 Å². The quantitative estimate of drug-likeness (QED) is 0.798. The zero-order valence-electron chi connectivity index (χ0n) is 12.8. The van der Waals surface area contributed by atoms with Gasteiger partial charge in [0.05, 0.1) is 18.0 Å². The summed E-state index contributed by atoms with van der Waals surface area (Å²) >= 11 is 0. The van der Waals surface area contributed by atoms with E-state index < -0.39 is 0 Å². The average Bonchev–Trinajstić information content (AvgIpc) is 3.07. The molecule has 0 aliphatic heterocycles. The maximum Gasteiger partial charge on any atom is 0.155 e. The molecule has 3 aromatic rings. The summed E-state index contributed by atoms with van der Waals surface area (Å²) in [5.41, 5.74) is 4.12. The van der Waals surface area contributed by atoms with Crippen LogP contribution in [-0.4, -0.2) is 14.6 Å². The predicted molar refractivity (Wildman–Crippen MR) is 81.1 cm³/mol. The second-order valence-electron chi connectivity index (χ2n) is 5.48. The summed E-state index contributed by atoms with van der Waals surface area (Å²) in [6, 6.07) is 6.18. The molecule has 1 N–H and O–H groups in total. The molecule has 21 heavy (non-hydrogen) atoms. The lowest BCUT2D eigenvalue weighted by Crippen LogP contribution is -2.23. The second-order valence-corrected chi connectivity index (χ2v) is 5.48. The van der Waals surface area contributed by atoms with Gasteiger partial charge >= 0.3 is 0 Å². The smallest absolute Gasteiger partial charge is 0.155 e. The molecule has 0 spiro atoms. The van der Waals surface area contributed by atoms with Gasteiger partial charge in [0, 0.05) is 29.6 Å². The lowest BCUT2D eigenvalue weighted by Gasteiger charge is -2.20. The first kappa shape index (κ1) is 13.8. The van der Waals surface area contributed by atoms with Crippen molar-refractivity contribution >= 4 is 5.65 Å². The third kappa shape index (κ3) is 2.56. The third-order valence-electron chi connectivity index (χ3n) is 3.82. The van der Waals surface area contributed by atoms with Gasteiger partial charge in [-0.3, -0.25) is 0 Å². The van der Waals surface area contributed by atoms with E-state index in [9.17, 15) is 0 Å². The van der Waals surface area contributed by atoms with Crippen molar-refractivity contribution in [3.8, 4) is 0 Å². The molecule has 0 aliphatic carbocycles. The Morgan fingerprint density at radius 2 is 2.05 bits per heavy atom. The van der Waals surface area contributed by atoms with Crippen LogP contribution in [0.3, 0.4) is 0 Å². The molecular formula is C16H20N4O. The Kier molecular flexibility index (Phi) is 3.51. The van der Waals surface area contributed by atoms with Gasteiger partial charge in [0.15, 0.2) is 5.65 Å². The highest BCUT2D eigenvalue weighted by Crippen LogP contribution is 2.22. The van der Waals surface area contributed by atoms with Gasteiger partial charge in [-0.15, -0.1) is 0 Å². The molecule has 5 heteroatoms. The van der Waals surface area contributed by atoms with E-state index >= 15 is 0 Å². The number of hydrogen-bond acceptors (Lipinski definition) is 4. The molecule has 0 saturated carbocycles. The van der Waals surface area contributed by atoms with E-state index in [2.05, 4.69) is 36.2 Å². The summed E-state index contributed by atoms with van der Waals surface area (Å²) in [6.45, 7) is 8.28. The number of aryl methyl sites for hydroxylation is 2. The highest BCUT2D eigenvalue weighted by molar-refractivity contribution is 5.42. The Balaban J connectivity index is 1.87. The van der Waals surface area contributed by atoms with Crippen LogP contribution in [0.2, 0.25) is 0 Å². The molecule has 0 aromatic carbocycles. The van der Waals surface area contributed by atoms with E-state index in [4.69, 9.17) is 4.42 Å². The molecular weight excluding hydrogens is 264 g/mol. The largest absolute Gasteiger partial charge is 0.468 e. The Morgan fingerprint density at radius 3 is 2.76 bits per heavy atom. The molecule has 2 unspecified atom stereocenters. The van der Waals surface area contributed by atoms with Gasteiger partial charge in [0.1, 0.15) is 5.76 Å². The van der Waals surface area contributed by atoms with Crippen molar-refractivity contribution in [2.45, 2.75) is 39.8 Å². The molecule has 0 fully saturated rings. The number of fused-ring (bicyclic) bond motifs is 1. The second kappa shape index (κ2) is 5.33. The van der Waals surface area contributed by atoms with Crippen LogP contribution in [0.25, 0.3) is 5.65 Å². The zero-order valence-corrected chi connectivity index (χ0v) is 12.8. The zero-order chi connectivity index (χ0) is 15.0. The van der Waals surface area contributed by atoms with Crippen molar-refractivity contribution < 1.29 is 4.42 Å². The first-order valence-electron chi connectivity index (χ1n) is 7.17. The topological polar surface area (TPSA) is 55.4 Å². The summed E-state index contributed by atoms with van der Waals surface area (Å²) in [5.74, 6) is 0.934. The fraction of sp³-hybridized carbons (Fsp3) is 0.375. The number of hydrogen-bond donors (Lipinski definition) is 1. The van der Waals surface area contributed by atoms with E-state index in [-0.39, 0.29) is 12.1 Å². The van der Waals surface area contributed by atoms with E-state index in [1.807, 2.05) is 35.8 Å². The average molecular weight is 284 g/mol. The van der Waals surface area contributed by atoms with Crippen LogP contribution >= 0.6 is 0 Å². The van der Waals surface area contributed by atoms with Crippen LogP contribution in [0.1, 0.15) is 48.6 Å². The van der Waals surface area contributed by atoms with Crippen molar-refractivity contribution in [2.75, 3.05) is 0 Å². The summed E-state index contributed by atoms with van der Waals surface area (Å²) in [7, 11) is 0. The highest BCUT2D eigenvalue weighted by atomic mass is 16.3. The molecule has 0 amide bonds. The number of furan rings is 1. The van der Waals surface area contributed by atoms with Crippen molar-refractivity contribution in [2.24, 2.45) is 0 Å². The number of rotatable bonds is 4. The molecule has 2 atom stereocenters. The maximum atomic E-state index is 5.44. The van der Waals surface area contributed by atoms with Gasteiger partial charge in [-0.2, -0.15) is 5.10 Å². The fourth-order valence-corrected chi connectivity index (χ4v) is 2.69. The van der Waals surface area contributed by atoms with Crippen LogP contribution in [0.5, 0.6) is 0 Å². The van der Waals surface area contributed by atoms with Crippen LogP contribution in [0, 0.1) is 13.8 Å². The van der Waals surface area contributed by atoms with Crippen LogP contribution < -0.4 is 5.32 Å². The molecule has 0 saturated heterocycles. The summed E-state index contributed by atoms with van der Waals surface area (Å²) < 4.78 is 7.34. The van der Waals surface area contributed by atoms with Gasteiger partial charge in [-0.1, -0.05) is 0 Å². The van der Waals surface area contributed by atoms with E-state index in [1.54, 1.807) is 6.26 Å². The fourth-order valence-electron chi connectivity index (χ4n) is 2.69. The number of nitrogens with one attached hydrogen (secondary N) is 1. The van der Waals surface area contributed by atoms with Crippen molar-refractivity contribution in [1.82, 2.24) is 19.9 Å². The van der Waals surface area contributed by atoms with Crippen LogP contribution in [-0.2, 0) is 0 Å². The standard InChI is InChI=1S/C16H20N4O/c1-10-8-16-17-9-14(13(4)20(16)19-10)11(2)18-12(3)15-6-5-7-21-15/h5-9,11-12,18H,1-4H3. The summed E-state index contributed by atoms with van der Waals surface area (Å²) in [4.78, 5) is 4.49. The molecule has 0 radical (unpaired) electrons. The van der Waals surface area contributed by atoms with E-state index in [1.165, 1.54) is 0 Å². The van der Waals surface area contributed by atoms with E-state index in [0.717, 1.165) is 28.4 Å². The van der Waals surface area contributed by atoms with Crippen LogP contribution in [0.15, 0.2) is 35.1 Å². The SMILES string of the molecule is Cc1cc2ncc(C(C)NC(C)c3ccco3)c(C)n2n1. The van der Waals surface area contributed by atoms with E-state index in [0.29, 0.717) is 0 Å². The van der Waals surface area contributed by atoms with Gasteiger partial charge < -0.3 is 9.73 Å². The minimum absolute atomic E-state index is 0.143.